The molecule has 2 aromatic rings. The highest BCUT2D eigenvalue weighted by molar-refractivity contribution is 7.80. The standard InChI is InChI=1S/C15H13NO2S/c17-15(18)13(11-7-3-1-4-8-11)16-14(19)12-9-5-2-6-10-12/h1-10,13H,(H,16,19)(H,17,18)/p-1/t13-/m1/s1. The van der Waals surface area contributed by atoms with E-state index in [1.54, 1.807) is 24.3 Å². The second kappa shape index (κ2) is 6.11. The number of carboxylic acid groups (broad SMARTS) is 1. The molecule has 4 heteroatoms. The lowest BCUT2D eigenvalue weighted by Gasteiger charge is -2.21. The van der Waals surface area contributed by atoms with Crippen molar-refractivity contribution < 1.29 is 9.90 Å². The Hall–Kier alpha value is -2.20. The van der Waals surface area contributed by atoms with Crippen LogP contribution in [0, 0.1) is 0 Å². The average Bonchev–Trinajstić information content (AvgIpc) is 2.46. The molecule has 0 spiro atoms. The number of benzene rings is 2. The summed E-state index contributed by atoms with van der Waals surface area (Å²) in [4.78, 5) is 11.6. The van der Waals surface area contributed by atoms with Crippen molar-refractivity contribution in [1.82, 2.24) is 5.32 Å². The molecule has 0 bridgehead atoms. The molecule has 19 heavy (non-hydrogen) atoms. The Kier molecular flexibility index (Phi) is 4.26. The Morgan fingerprint density at radius 1 is 1.00 bits per heavy atom. The zero-order valence-corrected chi connectivity index (χ0v) is 10.9. The summed E-state index contributed by atoms with van der Waals surface area (Å²) in [5.41, 5.74) is 1.39. The summed E-state index contributed by atoms with van der Waals surface area (Å²) >= 11 is 5.21. The van der Waals surface area contributed by atoms with E-state index in [0.717, 1.165) is 5.56 Å². The van der Waals surface area contributed by atoms with Crippen LogP contribution >= 0.6 is 12.2 Å². The maximum absolute atomic E-state index is 11.2. The van der Waals surface area contributed by atoms with Crippen molar-refractivity contribution in [3.8, 4) is 0 Å². The van der Waals surface area contributed by atoms with Gasteiger partial charge in [0.25, 0.3) is 0 Å². The van der Waals surface area contributed by atoms with Crippen molar-refractivity contribution in [2.75, 3.05) is 0 Å². The van der Waals surface area contributed by atoms with Gasteiger partial charge in [-0.25, -0.2) is 0 Å². The van der Waals surface area contributed by atoms with Crippen LogP contribution in [0.15, 0.2) is 60.7 Å². The largest absolute Gasteiger partial charge is 0.548 e. The van der Waals surface area contributed by atoms with Crippen LogP contribution in [0.5, 0.6) is 0 Å². The van der Waals surface area contributed by atoms with Gasteiger partial charge in [0.2, 0.25) is 0 Å². The fourth-order valence-electron chi connectivity index (χ4n) is 1.73. The molecule has 0 aliphatic carbocycles. The molecule has 1 atom stereocenters. The van der Waals surface area contributed by atoms with E-state index in [-0.39, 0.29) is 0 Å². The monoisotopic (exact) mass is 270 g/mol. The van der Waals surface area contributed by atoms with Crippen LogP contribution in [-0.4, -0.2) is 11.0 Å². The molecule has 0 amide bonds. The molecule has 3 nitrogen and oxygen atoms in total. The van der Waals surface area contributed by atoms with Crippen LogP contribution in [0.3, 0.4) is 0 Å². The van der Waals surface area contributed by atoms with E-state index in [0.29, 0.717) is 10.6 Å². The third-order valence-electron chi connectivity index (χ3n) is 2.68. The minimum atomic E-state index is -1.20. The van der Waals surface area contributed by atoms with Gasteiger partial charge in [-0.1, -0.05) is 72.9 Å². The highest BCUT2D eigenvalue weighted by atomic mass is 32.1. The van der Waals surface area contributed by atoms with Gasteiger partial charge >= 0.3 is 0 Å². The van der Waals surface area contributed by atoms with Crippen LogP contribution in [-0.2, 0) is 4.79 Å². The summed E-state index contributed by atoms with van der Waals surface area (Å²) in [5.74, 6) is -1.20. The summed E-state index contributed by atoms with van der Waals surface area (Å²) in [6.45, 7) is 0. The first-order valence-electron chi connectivity index (χ1n) is 5.80. The Bertz CT molecular complexity index is 569. The summed E-state index contributed by atoms with van der Waals surface area (Å²) in [5, 5.41) is 14.1. The molecular formula is C15H12NO2S-. The van der Waals surface area contributed by atoms with Gasteiger partial charge < -0.3 is 15.2 Å². The van der Waals surface area contributed by atoms with Gasteiger partial charge in [-0.2, -0.15) is 0 Å². The van der Waals surface area contributed by atoms with Crippen LogP contribution < -0.4 is 10.4 Å². The number of nitrogens with one attached hydrogen (secondary N) is 1. The van der Waals surface area contributed by atoms with Gasteiger partial charge in [0.05, 0.1) is 12.0 Å². The summed E-state index contributed by atoms with van der Waals surface area (Å²) in [7, 11) is 0. The highest BCUT2D eigenvalue weighted by Gasteiger charge is 2.14. The summed E-state index contributed by atoms with van der Waals surface area (Å²) in [6.07, 6.45) is 0. The molecule has 0 saturated carbocycles. The lowest BCUT2D eigenvalue weighted by molar-refractivity contribution is -0.308. The Morgan fingerprint density at radius 2 is 1.53 bits per heavy atom. The van der Waals surface area contributed by atoms with Crippen molar-refractivity contribution in [3.63, 3.8) is 0 Å². The van der Waals surface area contributed by atoms with Crippen LogP contribution in [0.1, 0.15) is 17.2 Å². The van der Waals surface area contributed by atoms with E-state index < -0.39 is 12.0 Å². The van der Waals surface area contributed by atoms with Crippen molar-refractivity contribution in [3.05, 3.63) is 71.8 Å². The van der Waals surface area contributed by atoms with Gasteiger partial charge in [-0.05, 0) is 5.56 Å². The van der Waals surface area contributed by atoms with E-state index in [1.165, 1.54) is 0 Å². The second-order valence-corrected chi connectivity index (χ2v) is 4.41. The summed E-state index contributed by atoms with van der Waals surface area (Å²) in [6, 6.07) is 17.1. The van der Waals surface area contributed by atoms with Crippen molar-refractivity contribution >= 4 is 23.2 Å². The number of thiocarbonyl (C=S) groups is 1. The quantitative estimate of drug-likeness (QED) is 0.854. The molecule has 1 N–H and O–H groups in total. The lowest BCUT2D eigenvalue weighted by atomic mass is 10.1. The molecule has 0 fully saturated rings. The van der Waals surface area contributed by atoms with Gasteiger partial charge in [0.1, 0.15) is 4.99 Å². The molecular weight excluding hydrogens is 258 g/mol. The SMILES string of the molecule is O=C([O-])[C@H](NC(=S)c1ccccc1)c1ccccc1. The number of carboxylic acids is 1. The van der Waals surface area contributed by atoms with Crippen LogP contribution in [0.4, 0.5) is 0 Å². The number of rotatable bonds is 4. The fraction of sp³-hybridized carbons (Fsp3) is 0.0667. The first-order valence-corrected chi connectivity index (χ1v) is 6.21. The smallest absolute Gasteiger partial charge is 0.107 e. The normalized spacial score (nSPS) is 11.6. The topological polar surface area (TPSA) is 52.2 Å². The number of aliphatic carboxylic acids is 1. The summed E-state index contributed by atoms with van der Waals surface area (Å²) < 4.78 is 0. The van der Waals surface area contributed by atoms with Gasteiger partial charge in [-0.3, -0.25) is 0 Å². The van der Waals surface area contributed by atoms with Gasteiger partial charge in [0, 0.05) is 5.56 Å². The highest BCUT2D eigenvalue weighted by Crippen LogP contribution is 2.13. The van der Waals surface area contributed by atoms with Gasteiger partial charge in [-0.15, -0.1) is 0 Å². The molecule has 0 aliphatic heterocycles. The predicted octanol–water partition coefficient (Wildman–Crippen LogP) is 1.44. The van der Waals surface area contributed by atoms with Crippen LogP contribution in [0.2, 0.25) is 0 Å². The molecule has 0 radical (unpaired) electrons. The van der Waals surface area contributed by atoms with Crippen LogP contribution in [0.25, 0.3) is 0 Å². The number of hydrogen-bond acceptors (Lipinski definition) is 3. The molecule has 0 unspecified atom stereocenters. The third-order valence-corrected chi connectivity index (χ3v) is 3.03. The maximum Gasteiger partial charge on any atom is 0.107 e. The first-order chi connectivity index (χ1) is 9.18. The first kappa shape index (κ1) is 13.2. The maximum atomic E-state index is 11.2. The number of carbonyl (C=O) groups excluding carboxylic acids is 1. The predicted molar refractivity (Wildman–Crippen MR) is 75.5 cm³/mol. The van der Waals surface area contributed by atoms with Crippen molar-refractivity contribution in [2.24, 2.45) is 0 Å². The van der Waals surface area contributed by atoms with Crippen molar-refractivity contribution in [2.45, 2.75) is 6.04 Å². The van der Waals surface area contributed by atoms with E-state index in [1.807, 2.05) is 36.4 Å². The molecule has 2 aromatic carbocycles. The second-order valence-electron chi connectivity index (χ2n) is 4.00. The molecule has 0 aromatic heterocycles. The average molecular weight is 270 g/mol. The minimum Gasteiger partial charge on any atom is -0.548 e. The van der Waals surface area contributed by atoms with E-state index in [4.69, 9.17) is 12.2 Å². The van der Waals surface area contributed by atoms with Gasteiger partial charge in [0.15, 0.2) is 0 Å². The molecule has 0 heterocycles. The molecule has 96 valence electrons. The zero-order chi connectivity index (χ0) is 13.7. The number of carbonyl (C=O) groups is 1. The van der Waals surface area contributed by atoms with Crippen molar-refractivity contribution in [1.29, 1.82) is 0 Å². The Labute approximate surface area is 116 Å². The molecule has 0 saturated heterocycles. The van der Waals surface area contributed by atoms with E-state index in [2.05, 4.69) is 5.32 Å². The lowest BCUT2D eigenvalue weighted by Crippen LogP contribution is -2.41. The molecule has 2 rings (SSSR count). The minimum absolute atomic E-state index is 0.388. The van der Waals surface area contributed by atoms with E-state index >= 15 is 0 Å². The number of hydrogen-bond donors (Lipinski definition) is 1. The fourth-order valence-corrected chi connectivity index (χ4v) is 1.98. The Balaban J connectivity index is 2.19. The zero-order valence-electron chi connectivity index (χ0n) is 10.1. The third kappa shape index (κ3) is 3.39. The Morgan fingerprint density at radius 3 is 2.05 bits per heavy atom. The molecule has 0 aliphatic rings. The van der Waals surface area contributed by atoms with E-state index in [9.17, 15) is 9.90 Å².